The van der Waals surface area contributed by atoms with Gasteiger partial charge in [0.15, 0.2) is 0 Å². The quantitative estimate of drug-likeness (QED) is 0.814. The van der Waals surface area contributed by atoms with Crippen LogP contribution in [-0.2, 0) is 6.42 Å². The largest absolute Gasteiger partial charge is 0.389 e. The molecule has 16 heavy (non-hydrogen) atoms. The van der Waals surface area contributed by atoms with Gasteiger partial charge in [0.05, 0.1) is 5.60 Å². The van der Waals surface area contributed by atoms with Crippen LogP contribution in [0.1, 0.15) is 38.2 Å². The number of benzene rings is 1. The number of hydrogen-bond acceptors (Lipinski definition) is 1. The summed E-state index contributed by atoms with van der Waals surface area (Å²) >= 11 is 0. The van der Waals surface area contributed by atoms with Crippen molar-refractivity contribution in [2.24, 2.45) is 5.92 Å². The molecule has 1 aliphatic carbocycles. The predicted octanol–water partition coefficient (Wildman–Crippen LogP) is 3.31. The second-order valence-electron chi connectivity index (χ2n) is 5.02. The standard InChI is InChI=1S/C14H19FO/c1-11-6-4-5-9-14(11,16)10-12-7-2-3-8-13(12)15/h2-3,7-8,11,16H,4-6,9-10H2,1H3. The van der Waals surface area contributed by atoms with E-state index in [0.717, 1.165) is 19.3 Å². The molecule has 0 radical (unpaired) electrons. The Bertz CT molecular complexity index is 364. The van der Waals surface area contributed by atoms with Crippen LogP contribution in [0.5, 0.6) is 0 Å². The van der Waals surface area contributed by atoms with Crippen molar-refractivity contribution in [2.75, 3.05) is 0 Å². The molecule has 1 fully saturated rings. The highest BCUT2D eigenvalue weighted by Crippen LogP contribution is 2.36. The molecular formula is C14H19FO. The van der Waals surface area contributed by atoms with Gasteiger partial charge in [-0.2, -0.15) is 0 Å². The maximum absolute atomic E-state index is 13.5. The van der Waals surface area contributed by atoms with Gasteiger partial charge in [-0.15, -0.1) is 0 Å². The van der Waals surface area contributed by atoms with Crippen molar-refractivity contribution in [1.29, 1.82) is 0 Å². The lowest BCUT2D eigenvalue weighted by atomic mass is 9.73. The van der Waals surface area contributed by atoms with Gasteiger partial charge in [-0.25, -0.2) is 4.39 Å². The molecule has 0 bridgehead atoms. The zero-order chi connectivity index (χ0) is 11.6. The highest BCUT2D eigenvalue weighted by Gasteiger charge is 2.36. The van der Waals surface area contributed by atoms with E-state index in [1.54, 1.807) is 12.1 Å². The van der Waals surface area contributed by atoms with E-state index < -0.39 is 5.60 Å². The van der Waals surface area contributed by atoms with Gasteiger partial charge in [0.25, 0.3) is 0 Å². The molecule has 1 nitrogen and oxygen atoms in total. The molecule has 1 aromatic rings. The molecule has 2 unspecified atom stereocenters. The minimum absolute atomic E-state index is 0.200. The molecule has 1 aromatic carbocycles. The lowest BCUT2D eigenvalue weighted by Gasteiger charge is -2.38. The minimum atomic E-state index is -0.708. The van der Waals surface area contributed by atoms with Crippen LogP contribution in [0.3, 0.4) is 0 Å². The van der Waals surface area contributed by atoms with Crippen molar-refractivity contribution in [3.05, 3.63) is 35.6 Å². The maximum Gasteiger partial charge on any atom is 0.126 e. The topological polar surface area (TPSA) is 20.2 Å². The molecule has 0 spiro atoms. The minimum Gasteiger partial charge on any atom is -0.389 e. The molecule has 0 aromatic heterocycles. The van der Waals surface area contributed by atoms with Gasteiger partial charge < -0.3 is 5.11 Å². The average molecular weight is 222 g/mol. The fourth-order valence-corrected chi connectivity index (χ4v) is 2.63. The molecule has 0 saturated heterocycles. The Morgan fingerprint density at radius 1 is 1.38 bits per heavy atom. The molecule has 2 heteroatoms. The van der Waals surface area contributed by atoms with E-state index in [0.29, 0.717) is 12.0 Å². The molecule has 1 aliphatic rings. The van der Waals surface area contributed by atoms with Gasteiger partial charge in [0.2, 0.25) is 0 Å². The Labute approximate surface area is 96.3 Å². The number of halogens is 1. The van der Waals surface area contributed by atoms with Crippen LogP contribution in [-0.4, -0.2) is 10.7 Å². The van der Waals surface area contributed by atoms with E-state index in [1.165, 1.54) is 12.5 Å². The molecule has 2 atom stereocenters. The summed E-state index contributed by atoms with van der Waals surface area (Å²) in [7, 11) is 0. The number of hydrogen-bond donors (Lipinski definition) is 1. The Hall–Kier alpha value is -0.890. The van der Waals surface area contributed by atoms with Crippen molar-refractivity contribution in [1.82, 2.24) is 0 Å². The van der Waals surface area contributed by atoms with E-state index in [4.69, 9.17) is 0 Å². The summed E-state index contributed by atoms with van der Waals surface area (Å²) < 4.78 is 13.5. The normalized spacial score (nSPS) is 30.3. The van der Waals surface area contributed by atoms with Crippen molar-refractivity contribution < 1.29 is 9.50 Å². The van der Waals surface area contributed by atoms with E-state index in [1.807, 2.05) is 6.07 Å². The Morgan fingerprint density at radius 2 is 2.12 bits per heavy atom. The summed E-state index contributed by atoms with van der Waals surface area (Å²) in [5, 5.41) is 10.6. The smallest absolute Gasteiger partial charge is 0.126 e. The molecule has 1 saturated carbocycles. The summed E-state index contributed by atoms with van der Waals surface area (Å²) in [6.07, 6.45) is 4.52. The zero-order valence-corrected chi connectivity index (χ0v) is 9.75. The van der Waals surface area contributed by atoms with Gasteiger partial charge in [-0.3, -0.25) is 0 Å². The van der Waals surface area contributed by atoms with Crippen LogP contribution in [0.4, 0.5) is 4.39 Å². The summed E-state index contributed by atoms with van der Waals surface area (Å²) in [5.74, 6) is 0.0644. The SMILES string of the molecule is CC1CCCCC1(O)Cc1ccccc1F. The van der Waals surface area contributed by atoms with Gasteiger partial charge in [-0.1, -0.05) is 38.0 Å². The number of aliphatic hydroxyl groups is 1. The van der Waals surface area contributed by atoms with E-state index >= 15 is 0 Å². The highest BCUT2D eigenvalue weighted by atomic mass is 19.1. The summed E-state index contributed by atoms with van der Waals surface area (Å²) in [5.41, 5.74) is -0.0702. The van der Waals surface area contributed by atoms with Crippen molar-refractivity contribution in [3.63, 3.8) is 0 Å². The third kappa shape index (κ3) is 2.27. The molecule has 1 N–H and O–H groups in total. The first-order valence-electron chi connectivity index (χ1n) is 6.07. The first-order valence-corrected chi connectivity index (χ1v) is 6.07. The molecule has 0 amide bonds. The summed E-state index contributed by atoms with van der Waals surface area (Å²) in [6, 6.07) is 6.75. The fraction of sp³-hybridized carbons (Fsp3) is 0.571. The van der Waals surface area contributed by atoms with Gasteiger partial charge in [0, 0.05) is 6.42 Å². The Morgan fingerprint density at radius 3 is 2.81 bits per heavy atom. The van der Waals surface area contributed by atoms with Gasteiger partial charge >= 0.3 is 0 Å². The zero-order valence-electron chi connectivity index (χ0n) is 9.75. The van der Waals surface area contributed by atoms with E-state index in [2.05, 4.69) is 6.92 Å². The fourth-order valence-electron chi connectivity index (χ4n) is 2.63. The Kier molecular flexibility index (Phi) is 3.29. The van der Waals surface area contributed by atoms with Crippen LogP contribution >= 0.6 is 0 Å². The third-order valence-electron chi connectivity index (χ3n) is 3.87. The monoisotopic (exact) mass is 222 g/mol. The van der Waals surface area contributed by atoms with Crippen LogP contribution in [0, 0.1) is 11.7 Å². The maximum atomic E-state index is 13.5. The van der Waals surface area contributed by atoms with Crippen LogP contribution in [0.25, 0.3) is 0 Å². The lowest BCUT2D eigenvalue weighted by molar-refractivity contribution is -0.0410. The van der Waals surface area contributed by atoms with E-state index in [9.17, 15) is 9.50 Å². The van der Waals surface area contributed by atoms with Crippen molar-refractivity contribution in [3.8, 4) is 0 Å². The van der Waals surface area contributed by atoms with Gasteiger partial charge in [0.1, 0.15) is 5.82 Å². The number of rotatable bonds is 2. The molecular weight excluding hydrogens is 203 g/mol. The first-order chi connectivity index (χ1) is 7.62. The van der Waals surface area contributed by atoms with Crippen molar-refractivity contribution >= 4 is 0 Å². The lowest BCUT2D eigenvalue weighted by Crippen LogP contribution is -2.41. The second kappa shape index (κ2) is 4.54. The first kappa shape index (κ1) is 11.6. The van der Waals surface area contributed by atoms with Crippen LogP contribution < -0.4 is 0 Å². The van der Waals surface area contributed by atoms with Gasteiger partial charge in [-0.05, 0) is 30.4 Å². The third-order valence-corrected chi connectivity index (χ3v) is 3.87. The Balaban J connectivity index is 2.16. The predicted molar refractivity (Wildman–Crippen MR) is 62.7 cm³/mol. The summed E-state index contributed by atoms with van der Waals surface area (Å²) in [4.78, 5) is 0. The van der Waals surface area contributed by atoms with Crippen LogP contribution in [0.2, 0.25) is 0 Å². The molecule has 0 aliphatic heterocycles. The van der Waals surface area contributed by atoms with Crippen LogP contribution in [0.15, 0.2) is 24.3 Å². The molecule has 88 valence electrons. The molecule has 0 heterocycles. The summed E-state index contributed by atoms with van der Waals surface area (Å²) in [6.45, 7) is 2.07. The van der Waals surface area contributed by atoms with E-state index in [-0.39, 0.29) is 11.7 Å². The average Bonchev–Trinajstić information content (AvgIpc) is 2.26. The molecule has 2 rings (SSSR count). The highest BCUT2D eigenvalue weighted by molar-refractivity contribution is 5.20. The second-order valence-corrected chi connectivity index (χ2v) is 5.02. The van der Waals surface area contributed by atoms with Crippen molar-refractivity contribution in [2.45, 2.75) is 44.6 Å².